The van der Waals surface area contributed by atoms with Crippen LogP contribution in [0, 0.1) is 6.92 Å². The smallest absolute Gasteiger partial charge is 0.151 e. The highest BCUT2D eigenvalue weighted by Crippen LogP contribution is 2.35. The minimum absolute atomic E-state index is 0.778. The van der Waals surface area contributed by atoms with Crippen LogP contribution in [0.3, 0.4) is 0 Å². The van der Waals surface area contributed by atoms with Crippen molar-refractivity contribution in [2.75, 3.05) is 0 Å². The number of fused-ring (bicyclic) bond motifs is 1. The highest BCUT2D eigenvalue weighted by Gasteiger charge is 2.40. The number of aromatic nitrogens is 3. The summed E-state index contributed by atoms with van der Waals surface area (Å²) < 4.78 is 1.82. The summed E-state index contributed by atoms with van der Waals surface area (Å²) in [6, 6.07) is 16.8. The van der Waals surface area contributed by atoms with Gasteiger partial charge in [0, 0.05) is 8.07 Å². The van der Waals surface area contributed by atoms with Crippen molar-refractivity contribution in [1.82, 2.24) is 15.0 Å². The van der Waals surface area contributed by atoms with Gasteiger partial charge in [0.15, 0.2) is 6.29 Å². The van der Waals surface area contributed by atoms with Gasteiger partial charge < -0.3 is 4.79 Å². The Morgan fingerprint density at radius 3 is 2.38 bits per heavy atom. The van der Waals surface area contributed by atoms with E-state index in [1.807, 2.05) is 41.1 Å². The summed E-state index contributed by atoms with van der Waals surface area (Å²) in [6.45, 7) is 8.88. The number of nitrogens with zero attached hydrogens (tertiary/aromatic N) is 3. The molecule has 124 valence electrons. The van der Waals surface area contributed by atoms with Crippen molar-refractivity contribution in [2.24, 2.45) is 0 Å². The maximum atomic E-state index is 12.5. The van der Waals surface area contributed by atoms with Crippen molar-refractivity contribution in [2.45, 2.75) is 38.1 Å². The molecule has 0 aliphatic heterocycles. The van der Waals surface area contributed by atoms with E-state index in [9.17, 15) is 4.79 Å². The lowest BCUT2D eigenvalue weighted by atomic mass is 9.92. The number of aryl methyl sites for hydroxylation is 1. The molecule has 1 heterocycles. The molecule has 0 N–H and O–H groups in total. The number of carbonyl (C=O) groups excluding carboxylic acids is 1. The summed E-state index contributed by atoms with van der Waals surface area (Å²) in [7, 11) is -1.57. The molecule has 0 unspecified atom stereocenters. The fourth-order valence-electron chi connectivity index (χ4n) is 3.27. The van der Waals surface area contributed by atoms with Crippen LogP contribution in [0.1, 0.15) is 11.1 Å². The van der Waals surface area contributed by atoms with E-state index in [1.165, 1.54) is 5.56 Å². The third kappa shape index (κ3) is 2.91. The lowest BCUT2D eigenvalue weighted by Gasteiger charge is -2.34. The maximum Gasteiger partial charge on any atom is 0.151 e. The lowest BCUT2D eigenvalue weighted by Crippen LogP contribution is -2.44. The first kappa shape index (κ1) is 16.6. The van der Waals surface area contributed by atoms with Gasteiger partial charge in [0.05, 0.1) is 5.52 Å². The van der Waals surface area contributed by atoms with Crippen molar-refractivity contribution in [3.8, 4) is 0 Å². The number of hydrogen-bond acceptors (Lipinski definition) is 3. The average molecular weight is 337 g/mol. The van der Waals surface area contributed by atoms with E-state index < -0.39 is 13.6 Å². The van der Waals surface area contributed by atoms with Crippen LogP contribution in [0.25, 0.3) is 11.0 Å². The van der Waals surface area contributed by atoms with E-state index in [2.05, 4.69) is 49.0 Å². The first-order valence-corrected chi connectivity index (χ1v) is 11.9. The van der Waals surface area contributed by atoms with Gasteiger partial charge in [-0.2, -0.15) is 0 Å². The summed E-state index contributed by atoms with van der Waals surface area (Å²) in [5.41, 5.74) is 3.04. The van der Waals surface area contributed by atoms with Gasteiger partial charge in [0.1, 0.15) is 11.1 Å². The monoisotopic (exact) mass is 337 g/mol. The molecule has 3 rings (SSSR count). The molecular formula is C19H23N3OSi. The van der Waals surface area contributed by atoms with Gasteiger partial charge in [-0.25, -0.2) is 4.68 Å². The molecule has 0 spiro atoms. The Kier molecular flexibility index (Phi) is 4.13. The van der Waals surface area contributed by atoms with Crippen molar-refractivity contribution >= 4 is 25.4 Å². The summed E-state index contributed by atoms with van der Waals surface area (Å²) in [6.07, 6.45) is 1.05. The quantitative estimate of drug-likeness (QED) is 0.522. The molecule has 0 radical (unpaired) electrons. The number of aldehydes is 1. The minimum atomic E-state index is -1.57. The number of benzene rings is 2. The third-order valence-corrected chi connectivity index (χ3v) is 5.88. The molecule has 1 aromatic heterocycles. The van der Waals surface area contributed by atoms with Gasteiger partial charge in [-0.05, 0) is 30.7 Å². The Labute approximate surface area is 143 Å². The number of hydrogen-bond donors (Lipinski definition) is 0. The van der Waals surface area contributed by atoms with E-state index in [-0.39, 0.29) is 0 Å². The Hall–Kier alpha value is -2.27. The molecule has 5 heteroatoms. The molecule has 0 bridgehead atoms. The van der Waals surface area contributed by atoms with Crippen molar-refractivity contribution < 1.29 is 4.79 Å². The fraction of sp³-hybridized carbons (Fsp3) is 0.316. The van der Waals surface area contributed by atoms with Crippen LogP contribution in [-0.4, -0.2) is 29.4 Å². The highest BCUT2D eigenvalue weighted by atomic mass is 28.3. The predicted molar refractivity (Wildman–Crippen MR) is 100 cm³/mol. The summed E-state index contributed by atoms with van der Waals surface area (Å²) in [4.78, 5) is 12.5. The van der Waals surface area contributed by atoms with Gasteiger partial charge in [0.2, 0.25) is 0 Å². The molecule has 0 aliphatic rings. The molecule has 2 aromatic carbocycles. The molecule has 0 aliphatic carbocycles. The van der Waals surface area contributed by atoms with Gasteiger partial charge >= 0.3 is 0 Å². The molecule has 4 nitrogen and oxygen atoms in total. The second-order valence-corrected chi connectivity index (χ2v) is 13.1. The van der Waals surface area contributed by atoms with E-state index in [0.717, 1.165) is 28.9 Å². The highest BCUT2D eigenvalue weighted by molar-refractivity contribution is 6.76. The van der Waals surface area contributed by atoms with Gasteiger partial charge in [0.25, 0.3) is 0 Å². The maximum absolute atomic E-state index is 12.5. The molecule has 1 atom stereocenters. The van der Waals surface area contributed by atoms with E-state index in [1.54, 1.807) is 0 Å². The van der Waals surface area contributed by atoms with Gasteiger partial charge in [-0.1, -0.05) is 66.8 Å². The minimum Gasteiger partial charge on any atom is -0.300 e. The van der Waals surface area contributed by atoms with Crippen molar-refractivity contribution in [3.05, 3.63) is 59.7 Å². The van der Waals surface area contributed by atoms with Crippen LogP contribution >= 0.6 is 0 Å². The van der Waals surface area contributed by atoms with E-state index in [0.29, 0.717) is 0 Å². The predicted octanol–water partition coefficient (Wildman–Crippen LogP) is 4.02. The van der Waals surface area contributed by atoms with E-state index in [4.69, 9.17) is 0 Å². The lowest BCUT2D eigenvalue weighted by molar-refractivity contribution is -0.113. The second kappa shape index (κ2) is 5.98. The van der Waals surface area contributed by atoms with Crippen molar-refractivity contribution in [3.63, 3.8) is 0 Å². The zero-order chi connectivity index (χ0) is 17.4. The Bertz CT molecular complexity index is 864. The molecular weight excluding hydrogens is 314 g/mol. The topological polar surface area (TPSA) is 47.8 Å². The standard InChI is InChI=1S/C19H23N3OSi/c1-15-9-11-16(12-10-15)19(13-23,14-24(2,3)4)22-18-8-6-5-7-17(18)20-21-22/h5-13H,14H2,1-4H3/t19-/m0/s1. The van der Waals surface area contributed by atoms with Crippen LogP contribution in [0.5, 0.6) is 0 Å². The number of carbonyl (C=O) groups is 1. The van der Waals surface area contributed by atoms with Crippen LogP contribution in [0.4, 0.5) is 0 Å². The van der Waals surface area contributed by atoms with Crippen LogP contribution in [-0.2, 0) is 10.3 Å². The Balaban J connectivity index is 2.28. The Morgan fingerprint density at radius 1 is 1.08 bits per heavy atom. The fourth-order valence-corrected chi connectivity index (χ4v) is 5.33. The zero-order valence-corrected chi connectivity index (χ0v) is 15.7. The average Bonchev–Trinajstić information content (AvgIpc) is 2.97. The van der Waals surface area contributed by atoms with Crippen molar-refractivity contribution in [1.29, 1.82) is 0 Å². The van der Waals surface area contributed by atoms with Crippen LogP contribution in [0.15, 0.2) is 48.5 Å². The van der Waals surface area contributed by atoms with Crippen LogP contribution in [0.2, 0.25) is 25.7 Å². The molecule has 0 saturated carbocycles. The first-order valence-electron chi connectivity index (χ1n) is 8.20. The zero-order valence-electron chi connectivity index (χ0n) is 14.7. The summed E-state index contributed by atoms with van der Waals surface area (Å²) >= 11 is 0. The largest absolute Gasteiger partial charge is 0.300 e. The third-order valence-electron chi connectivity index (χ3n) is 4.28. The molecule has 0 amide bonds. The number of rotatable bonds is 5. The van der Waals surface area contributed by atoms with E-state index >= 15 is 0 Å². The van der Waals surface area contributed by atoms with Gasteiger partial charge in [-0.3, -0.25) is 0 Å². The SMILES string of the molecule is Cc1ccc([C@](C=O)(C[Si](C)(C)C)n2nnc3ccccc32)cc1. The molecule has 0 fully saturated rings. The molecule has 3 aromatic rings. The Morgan fingerprint density at radius 2 is 1.75 bits per heavy atom. The summed E-state index contributed by atoms with van der Waals surface area (Å²) in [5.74, 6) is 0. The summed E-state index contributed by atoms with van der Waals surface area (Å²) in [5, 5.41) is 8.65. The number of para-hydroxylation sites is 1. The normalized spacial score (nSPS) is 14.5. The van der Waals surface area contributed by atoms with Crippen LogP contribution < -0.4 is 0 Å². The first-order chi connectivity index (χ1) is 11.4. The van der Waals surface area contributed by atoms with Gasteiger partial charge in [-0.15, -0.1) is 5.10 Å². The molecule has 24 heavy (non-hydrogen) atoms. The molecule has 0 saturated heterocycles. The second-order valence-electron chi connectivity index (χ2n) is 7.64.